The number of benzene rings is 1. The molecular formula is C12H15F4NO2S. The Kier molecular flexibility index (Phi) is 5.15. The van der Waals surface area contributed by atoms with Crippen LogP contribution in [0.5, 0.6) is 0 Å². The molecule has 0 amide bonds. The zero-order chi connectivity index (χ0) is 15.6. The van der Waals surface area contributed by atoms with Crippen molar-refractivity contribution in [2.45, 2.75) is 30.8 Å². The van der Waals surface area contributed by atoms with Crippen LogP contribution in [0.15, 0.2) is 23.1 Å². The Morgan fingerprint density at radius 1 is 1.25 bits per heavy atom. The van der Waals surface area contributed by atoms with Crippen molar-refractivity contribution in [2.24, 2.45) is 0 Å². The molecule has 1 aromatic rings. The van der Waals surface area contributed by atoms with E-state index in [2.05, 4.69) is 0 Å². The van der Waals surface area contributed by atoms with Crippen LogP contribution < -0.4 is 0 Å². The maximum Gasteiger partial charge on any atom is 0.416 e. The number of rotatable bonds is 5. The monoisotopic (exact) mass is 313 g/mol. The van der Waals surface area contributed by atoms with Crippen LogP contribution in [0.3, 0.4) is 0 Å². The van der Waals surface area contributed by atoms with Crippen molar-refractivity contribution in [1.82, 2.24) is 4.31 Å². The summed E-state index contributed by atoms with van der Waals surface area (Å²) in [6, 6.07) is 1.36. The van der Waals surface area contributed by atoms with Gasteiger partial charge in [-0.25, -0.2) is 17.1 Å². The Hall–Kier alpha value is -1.15. The smallest absolute Gasteiger partial charge is 0.207 e. The minimum Gasteiger partial charge on any atom is -0.207 e. The van der Waals surface area contributed by atoms with E-state index in [1.54, 1.807) is 0 Å². The number of unbranched alkanes of at least 4 members (excludes halogenated alkanes) is 1. The molecule has 1 rings (SSSR count). The fourth-order valence-corrected chi connectivity index (χ4v) is 2.84. The molecule has 1 aromatic carbocycles. The standard InChI is InChI=1S/C12H15F4NO2S/c1-3-4-7-17(2)20(18,19)11-8-9(12(14,15)16)5-6-10(11)13/h5-6,8H,3-4,7H2,1-2H3. The van der Waals surface area contributed by atoms with Gasteiger partial charge in [0.05, 0.1) is 5.56 Å². The summed E-state index contributed by atoms with van der Waals surface area (Å²) in [5.74, 6) is -1.19. The van der Waals surface area contributed by atoms with E-state index in [0.717, 1.165) is 4.31 Å². The van der Waals surface area contributed by atoms with Crippen LogP contribution in [-0.4, -0.2) is 26.3 Å². The lowest BCUT2D eigenvalue weighted by molar-refractivity contribution is -0.137. The fourth-order valence-electron chi connectivity index (χ4n) is 1.55. The lowest BCUT2D eigenvalue weighted by Crippen LogP contribution is -2.29. The van der Waals surface area contributed by atoms with Crippen LogP contribution in [-0.2, 0) is 16.2 Å². The molecule has 0 bridgehead atoms. The van der Waals surface area contributed by atoms with Gasteiger partial charge >= 0.3 is 6.18 Å². The summed E-state index contributed by atoms with van der Waals surface area (Å²) in [6.07, 6.45) is -3.47. The van der Waals surface area contributed by atoms with Crippen molar-refractivity contribution in [2.75, 3.05) is 13.6 Å². The second-order valence-electron chi connectivity index (χ2n) is 4.32. The maximum atomic E-state index is 13.6. The van der Waals surface area contributed by atoms with Crippen molar-refractivity contribution in [3.63, 3.8) is 0 Å². The first-order valence-electron chi connectivity index (χ1n) is 5.93. The Labute approximate surface area is 115 Å². The highest BCUT2D eigenvalue weighted by Gasteiger charge is 2.34. The second kappa shape index (κ2) is 6.09. The summed E-state index contributed by atoms with van der Waals surface area (Å²) in [5.41, 5.74) is -1.19. The van der Waals surface area contributed by atoms with Gasteiger partial charge in [0.25, 0.3) is 0 Å². The van der Waals surface area contributed by atoms with E-state index in [1.165, 1.54) is 7.05 Å². The number of hydrogen-bond acceptors (Lipinski definition) is 2. The number of alkyl halides is 3. The van der Waals surface area contributed by atoms with E-state index >= 15 is 0 Å². The molecule has 0 aliphatic carbocycles. The molecule has 0 aliphatic heterocycles. The van der Waals surface area contributed by atoms with Gasteiger partial charge in [0.1, 0.15) is 10.7 Å². The molecule has 0 N–H and O–H groups in total. The maximum absolute atomic E-state index is 13.6. The van der Waals surface area contributed by atoms with Crippen molar-refractivity contribution in [3.8, 4) is 0 Å². The van der Waals surface area contributed by atoms with E-state index in [0.29, 0.717) is 31.0 Å². The van der Waals surface area contributed by atoms with Gasteiger partial charge in [0, 0.05) is 13.6 Å². The molecule has 20 heavy (non-hydrogen) atoms. The first-order chi connectivity index (χ1) is 9.10. The predicted octanol–water partition coefficient (Wildman–Crippen LogP) is 3.27. The Balaban J connectivity index is 3.24. The highest BCUT2D eigenvalue weighted by atomic mass is 32.2. The average Bonchev–Trinajstić information content (AvgIpc) is 2.34. The lowest BCUT2D eigenvalue weighted by atomic mass is 10.2. The first kappa shape index (κ1) is 16.9. The lowest BCUT2D eigenvalue weighted by Gasteiger charge is -2.18. The summed E-state index contributed by atoms with van der Waals surface area (Å²) in [4.78, 5) is -0.953. The number of hydrogen-bond donors (Lipinski definition) is 0. The van der Waals surface area contributed by atoms with Gasteiger partial charge in [-0.1, -0.05) is 13.3 Å². The minimum atomic E-state index is -4.72. The van der Waals surface area contributed by atoms with Crippen LogP contribution in [0.25, 0.3) is 0 Å². The van der Waals surface area contributed by atoms with Gasteiger partial charge in [-0.2, -0.15) is 13.2 Å². The molecule has 0 unspecified atom stereocenters. The highest BCUT2D eigenvalue weighted by Crippen LogP contribution is 2.32. The van der Waals surface area contributed by atoms with Gasteiger partial charge in [-0.05, 0) is 24.6 Å². The van der Waals surface area contributed by atoms with Crippen LogP contribution in [0.2, 0.25) is 0 Å². The predicted molar refractivity (Wildman–Crippen MR) is 66.1 cm³/mol. The third-order valence-electron chi connectivity index (χ3n) is 2.77. The van der Waals surface area contributed by atoms with Crippen molar-refractivity contribution in [1.29, 1.82) is 0 Å². The molecule has 0 spiro atoms. The highest BCUT2D eigenvalue weighted by molar-refractivity contribution is 7.89. The number of nitrogens with zero attached hydrogens (tertiary/aromatic N) is 1. The van der Waals surface area contributed by atoms with E-state index in [4.69, 9.17) is 0 Å². The van der Waals surface area contributed by atoms with E-state index in [9.17, 15) is 26.0 Å². The number of halogens is 4. The summed E-state index contributed by atoms with van der Waals surface area (Å²) in [6.45, 7) is 1.96. The molecule has 0 aromatic heterocycles. The molecule has 3 nitrogen and oxygen atoms in total. The SMILES string of the molecule is CCCCN(C)S(=O)(=O)c1cc(C(F)(F)F)ccc1F. The molecular weight excluding hydrogens is 298 g/mol. The zero-order valence-electron chi connectivity index (χ0n) is 11.0. The van der Waals surface area contributed by atoms with Gasteiger partial charge in [0.2, 0.25) is 10.0 Å². The minimum absolute atomic E-state index is 0.120. The van der Waals surface area contributed by atoms with Crippen molar-refractivity contribution in [3.05, 3.63) is 29.6 Å². The molecule has 8 heteroatoms. The largest absolute Gasteiger partial charge is 0.416 e. The zero-order valence-corrected chi connectivity index (χ0v) is 11.9. The van der Waals surface area contributed by atoms with Gasteiger partial charge in [0.15, 0.2) is 0 Å². The van der Waals surface area contributed by atoms with Crippen molar-refractivity contribution < 1.29 is 26.0 Å². The first-order valence-corrected chi connectivity index (χ1v) is 7.37. The van der Waals surface area contributed by atoms with Crippen LogP contribution >= 0.6 is 0 Å². The Morgan fingerprint density at radius 3 is 2.35 bits per heavy atom. The molecule has 0 heterocycles. The van der Waals surface area contributed by atoms with Crippen molar-refractivity contribution >= 4 is 10.0 Å². The summed E-state index contributed by atoms with van der Waals surface area (Å²) in [7, 11) is -3.05. The van der Waals surface area contributed by atoms with Crippen LogP contribution in [0, 0.1) is 5.82 Å². The second-order valence-corrected chi connectivity index (χ2v) is 6.34. The Bertz CT molecular complexity index is 569. The Morgan fingerprint density at radius 2 is 1.85 bits per heavy atom. The molecule has 0 aliphatic rings. The van der Waals surface area contributed by atoms with E-state index in [1.807, 2.05) is 6.92 Å². The summed E-state index contributed by atoms with van der Waals surface area (Å²) >= 11 is 0. The van der Waals surface area contributed by atoms with Gasteiger partial charge in [-0.15, -0.1) is 0 Å². The average molecular weight is 313 g/mol. The van der Waals surface area contributed by atoms with Crippen LogP contribution in [0.1, 0.15) is 25.3 Å². The summed E-state index contributed by atoms with van der Waals surface area (Å²) < 4.78 is 76.2. The molecule has 0 saturated heterocycles. The van der Waals surface area contributed by atoms with Gasteiger partial charge in [-0.3, -0.25) is 0 Å². The molecule has 0 saturated carbocycles. The van der Waals surface area contributed by atoms with E-state index < -0.39 is 32.5 Å². The topological polar surface area (TPSA) is 37.4 Å². The molecule has 0 atom stereocenters. The van der Waals surface area contributed by atoms with E-state index in [-0.39, 0.29) is 6.54 Å². The normalized spacial score (nSPS) is 12.9. The van der Waals surface area contributed by atoms with Gasteiger partial charge < -0.3 is 0 Å². The third kappa shape index (κ3) is 3.69. The number of sulfonamides is 1. The molecule has 114 valence electrons. The quantitative estimate of drug-likeness (QED) is 0.783. The molecule has 0 radical (unpaired) electrons. The van der Waals surface area contributed by atoms with Crippen LogP contribution in [0.4, 0.5) is 17.6 Å². The fraction of sp³-hybridized carbons (Fsp3) is 0.500. The molecule has 0 fully saturated rings. The third-order valence-corrected chi connectivity index (χ3v) is 4.65. The summed E-state index contributed by atoms with van der Waals surface area (Å²) in [5, 5.41) is 0.